The maximum atomic E-state index is 11.9. The van der Waals surface area contributed by atoms with E-state index in [4.69, 9.17) is 11.6 Å². The van der Waals surface area contributed by atoms with Crippen molar-refractivity contribution in [3.8, 4) is 0 Å². The van der Waals surface area contributed by atoms with E-state index >= 15 is 0 Å². The van der Waals surface area contributed by atoms with Crippen LogP contribution < -0.4 is 5.32 Å². The Bertz CT molecular complexity index is 290. The molecule has 0 aromatic heterocycles. The van der Waals surface area contributed by atoms with Crippen LogP contribution in [0.25, 0.3) is 0 Å². The number of hydrogen-bond acceptors (Lipinski definition) is 1. The van der Waals surface area contributed by atoms with Gasteiger partial charge in [0.1, 0.15) is 0 Å². The third-order valence-electron chi connectivity index (χ3n) is 4.63. The summed E-state index contributed by atoms with van der Waals surface area (Å²) in [6.07, 6.45) is 6.10. The first-order valence-corrected chi connectivity index (χ1v) is 7.41. The van der Waals surface area contributed by atoms with E-state index in [-0.39, 0.29) is 17.2 Å². The molecule has 2 aliphatic rings. The Morgan fingerprint density at radius 2 is 1.88 bits per heavy atom. The second-order valence-corrected chi connectivity index (χ2v) is 6.76. The van der Waals surface area contributed by atoms with E-state index in [0.717, 1.165) is 18.8 Å². The maximum Gasteiger partial charge on any atom is 0.223 e. The van der Waals surface area contributed by atoms with Crippen LogP contribution >= 0.6 is 11.6 Å². The van der Waals surface area contributed by atoms with E-state index in [9.17, 15) is 4.79 Å². The topological polar surface area (TPSA) is 29.1 Å². The molecule has 0 aliphatic heterocycles. The number of amides is 1. The monoisotopic (exact) mass is 257 g/mol. The smallest absolute Gasteiger partial charge is 0.223 e. The SMILES string of the molecule is CC1(C)CC1C(=O)NCC1CCCCC1CCl. The second kappa shape index (κ2) is 5.17. The highest BCUT2D eigenvalue weighted by Gasteiger charge is 2.50. The van der Waals surface area contributed by atoms with Crippen molar-refractivity contribution >= 4 is 17.5 Å². The van der Waals surface area contributed by atoms with Crippen molar-refractivity contribution in [3.63, 3.8) is 0 Å². The lowest BCUT2D eigenvalue weighted by Crippen LogP contribution is -2.36. The number of alkyl halides is 1. The summed E-state index contributed by atoms with van der Waals surface area (Å²) in [6.45, 7) is 5.17. The Labute approximate surface area is 109 Å². The number of carbonyl (C=O) groups excluding carboxylic acids is 1. The van der Waals surface area contributed by atoms with Gasteiger partial charge in [0.2, 0.25) is 5.91 Å². The first-order valence-electron chi connectivity index (χ1n) is 6.88. The van der Waals surface area contributed by atoms with Crippen LogP contribution in [-0.2, 0) is 4.79 Å². The minimum Gasteiger partial charge on any atom is -0.356 e. The molecule has 0 aromatic carbocycles. The number of nitrogens with one attached hydrogen (secondary N) is 1. The van der Waals surface area contributed by atoms with Gasteiger partial charge in [-0.15, -0.1) is 11.6 Å². The highest BCUT2D eigenvalue weighted by Crippen LogP contribution is 2.51. The molecule has 3 unspecified atom stereocenters. The molecule has 0 spiro atoms. The predicted molar refractivity (Wildman–Crippen MR) is 71.1 cm³/mol. The summed E-state index contributed by atoms with van der Waals surface area (Å²) in [6, 6.07) is 0. The highest BCUT2D eigenvalue weighted by atomic mass is 35.5. The third kappa shape index (κ3) is 3.15. The zero-order chi connectivity index (χ0) is 12.5. The first kappa shape index (κ1) is 13.2. The van der Waals surface area contributed by atoms with E-state index < -0.39 is 0 Å². The fraction of sp³-hybridized carbons (Fsp3) is 0.929. The third-order valence-corrected chi connectivity index (χ3v) is 5.03. The summed E-state index contributed by atoms with van der Waals surface area (Å²) in [5.41, 5.74) is 0.239. The molecule has 0 radical (unpaired) electrons. The van der Waals surface area contributed by atoms with Gasteiger partial charge in [-0.05, 0) is 36.5 Å². The molecule has 0 heterocycles. The van der Waals surface area contributed by atoms with Crippen molar-refractivity contribution in [3.05, 3.63) is 0 Å². The second-order valence-electron chi connectivity index (χ2n) is 6.45. The summed E-state index contributed by atoms with van der Waals surface area (Å²) in [4.78, 5) is 11.9. The van der Waals surface area contributed by atoms with Gasteiger partial charge in [-0.25, -0.2) is 0 Å². The van der Waals surface area contributed by atoms with E-state index in [2.05, 4.69) is 19.2 Å². The molecule has 0 saturated heterocycles. The molecule has 1 N–H and O–H groups in total. The molecule has 17 heavy (non-hydrogen) atoms. The predicted octanol–water partition coefficient (Wildman–Crippen LogP) is 3.19. The Hall–Kier alpha value is -0.240. The van der Waals surface area contributed by atoms with E-state index in [1.54, 1.807) is 0 Å². The lowest BCUT2D eigenvalue weighted by molar-refractivity contribution is -0.123. The highest BCUT2D eigenvalue weighted by molar-refractivity contribution is 6.18. The van der Waals surface area contributed by atoms with Gasteiger partial charge in [-0.3, -0.25) is 4.79 Å². The molecule has 2 nitrogen and oxygen atoms in total. The fourth-order valence-electron chi connectivity index (χ4n) is 3.03. The average Bonchev–Trinajstić information content (AvgIpc) is 2.96. The molecular formula is C14H24ClNO. The van der Waals surface area contributed by atoms with Crippen molar-refractivity contribution in [2.24, 2.45) is 23.2 Å². The molecular weight excluding hydrogens is 234 g/mol. The Morgan fingerprint density at radius 3 is 2.41 bits per heavy atom. The summed E-state index contributed by atoms with van der Waals surface area (Å²) >= 11 is 6.00. The molecule has 1 amide bonds. The Balaban J connectivity index is 1.75. The van der Waals surface area contributed by atoms with Gasteiger partial charge < -0.3 is 5.32 Å². The maximum absolute atomic E-state index is 11.9. The molecule has 0 bridgehead atoms. The molecule has 98 valence electrons. The standard InChI is InChI=1S/C14H24ClNO/c1-14(2)7-12(14)13(17)16-9-11-6-4-3-5-10(11)8-15/h10-12H,3-9H2,1-2H3,(H,16,17). The zero-order valence-electron chi connectivity index (χ0n) is 11.0. The van der Waals surface area contributed by atoms with Gasteiger partial charge >= 0.3 is 0 Å². The number of hydrogen-bond donors (Lipinski definition) is 1. The van der Waals surface area contributed by atoms with Crippen LogP contribution in [0.15, 0.2) is 0 Å². The van der Waals surface area contributed by atoms with Gasteiger partial charge in [0, 0.05) is 18.3 Å². The van der Waals surface area contributed by atoms with Crippen LogP contribution in [0.3, 0.4) is 0 Å². The normalized spacial score (nSPS) is 35.4. The average molecular weight is 258 g/mol. The van der Waals surface area contributed by atoms with Crippen LogP contribution in [0.5, 0.6) is 0 Å². The van der Waals surface area contributed by atoms with Crippen LogP contribution in [0.4, 0.5) is 0 Å². The van der Waals surface area contributed by atoms with Gasteiger partial charge in [-0.2, -0.15) is 0 Å². The van der Waals surface area contributed by atoms with Gasteiger partial charge in [-0.1, -0.05) is 26.7 Å². The van der Waals surface area contributed by atoms with Crippen molar-refractivity contribution in [1.82, 2.24) is 5.32 Å². The van der Waals surface area contributed by atoms with Crippen LogP contribution in [0, 0.1) is 23.2 Å². The van der Waals surface area contributed by atoms with E-state index in [0.29, 0.717) is 11.8 Å². The van der Waals surface area contributed by atoms with E-state index in [1.807, 2.05) is 0 Å². The zero-order valence-corrected chi connectivity index (χ0v) is 11.7. The summed E-state index contributed by atoms with van der Waals surface area (Å²) in [5, 5.41) is 3.14. The molecule has 0 aromatic rings. The number of carbonyl (C=O) groups is 1. The van der Waals surface area contributed by atoms with Crippen molar-refractivity contribution in [1.29, 1.82) is 0 Å². The minimum absolute atomic E-state index is 0.239. The first-order chi connectivity index (χ1) is 8.04. The summed E-state index contributed by atoms with van der Waals surface area (Å²) < 4.78 is 0. The Morgan fingerprint density at radius 1 is 1.29 bits per heavy atom. The van der Waals surface area contributed by atoms with Crippen molar-refractivity contribution in [2.75, 3.05) is 12.4 Å². The Kier molecular flexibility index (Phi) is 4.02. The van der Waals surface area contributed by atoms with Crippen LogP contribution in [0.2, 0.25) is 0 Å². The van der Waals surface area contributed by atoms with Crippen LogP contribution in [-0.4, -0.2) is 18.3 Å². The van der Waals surface area contributed by atoms with Gasteiger partial charge in [0.25, 0.3) is 0 Å². The van der Waals surface area contributed by atoms with Gasteiger partial charge in [0.15, 0.2) is 0 Å². The van der Waals surface area contributed by atoms with Crippen molar-refractivity contribution in [2.45, 2.75) is 46.0 Å². The van der Waals surface area contributed by atoms with Crippen LogP contribution in [0.1, 0.15) is 46.0 Å². The molecule has 3 atom stereocenters. The van der Waals surface area contributed by atoms with E-state index in [1.165, 1.54) is 25.7 Å². The number of halogens is 1. The molecule has 3 heteroatoms. The largest absolute Gasteiger partial charge is 0.356 e. The lowest BCUT2D eigenvalue weighted by Gasteiger charge is -2.30. The lowest BCUT2D eigenvalue weighted by atomic mass is 9.80. The minimum atomic E-state index is 0.239. The summed E-state index contributed by atoms with van der Waals surface area (Å²) in [5.74, 6) is 2.47. The molecule has 2 aliphatic carbocycles. The molecule has 2 rings (SSSR count). The van der Waals surface area contributed by atoms with Gasteiger partial charge in [0.05, 0.1) is 0 Å². The quantitative estimate of drug-likeness (QED) is 0.770. The van der Waals surface area contributed by atoms with Crippen molar-refractivity contribution < 1.29 is 4.79 Å². The summed E-state index contributed by atoms with van der Waals surface area (Å²) in [7, 11) is 0. The molecule has 2 saturated carbocycles. The fourth-order valence-corrected chi connectivity index (χ4v) is 3.43. The number of rotatable bonds is 4. The molecule has 2 fully saturated rings.